The summed E-state index contributed by atoms with van der Waals surface area (Å²) in [5.74, 6) is 1.80. The summed E-state index contributed by atoms with van der Waals surface area (Å²) in [6.45, 7) is 0.678. The topological polar surface area (TPSA) is 56.8 Å². The minimum atomic E-state index is -0.225. The van der Waals surface area contributed by atoms with Crippen LogP contribution in [-0.4, -0.2) is 30.6 Å². The largest absolute Gasteiger partial charge is 0.497 e. The van der Waals surface area contributed by atoms with Crippen molar-refractivity contribution in [3.8, 4) is 17.2 Å². The third-order valence-electron chi connectivity index (χ3n) is 3.55. The third-order valence-corrected chi connectivity index (χ3v) is 4.95. The number of ether oxygens (including phenoxy) is 3. The Labute approximate surface area is 171 Å². The Morgan fingerprint density at radius 2 is 1.93 bits per heavy atom. The van der Waals surface area contributed by atoms with Crippen molar-refractivity contribution in [1.29, 1.82) is 0 Å². The second-order valence-corrected chi connectivity index (χ2v) is 7.57. The molecule has 0 aromatic heterocycles. The number of carbonyl (C=O) groups is 1. The highest BCUT2D eigenvalue weighted by Gasteiger charge is 2.22. The van der Waals surface area contributed by atoms with Gasteiger partial charge in [-0.05, 0) is 36.4 Å². The number of benzene rings is 2. The fourth-order valence-corrected chi connectivity index (χ4v) is 3.54. The average Bonchev–Trinajstić information content (AvgIpc) is 2.97. The van der Waals surface area contributed by atoms with E-state index in [1.165, 1.54) is 11.8 Å². The lowest BCUT2D eigenvalue weighted by molar-refractivity contribution is -0.115. The van der Waals surface area contributed by atoms with Crippen molar-refractivity contribution < 1.29 is 19.0 Å². The van der Waals surface area contributed by atoms with Crippen molar-refractivity contribution in [3.05, 3.63) is 58.0 Å². The zero-order valence-corrected chi connectivity index (χ0v) is 16.7. The van der Waals surface area contributed by atoms with Crippen molar-refractivity contribution in [2.75, 3.05) is 20.3 Å². The first-order chi connectivity index (χ1) is 13.0. The van der Waals surface area contributed by atoms with Crippen LogP contribution in [0.25, 0.3) is 6.08 Å². The summed E-state index contributed by atoms with van der Waals surface area (Å²) in [6.07, 6.45) is 1.71. The second-order valence-electron chi connectivity index (χ2n) is 5.41. The molecule has 0 atom stereocenters. The van der Waals surface area contributed by atoms with Gasteiger partial charge in [-0.15, -0.1) is 0 Å². The lowest BCUT2D eigenvalue weighted by atomic mass is 10.2. The maximum Gasteiger partial charge on any atom is 0.263 e. The molecule has 1 heterocycles. The smallest absolute Gasteiger partial charge is 0.263 e. The molecule has 0 spiro atoms. The molecule has 0 aliphatic carbocycles. The van der Waals surface area contributed by atoms with Gasteiger partial charge >= 0.3 is 0 Å². The third kappa shape index (κ3) is 5.38. The molecule has 1 aliphatic heterocycles. The van der Waals surface area contributed by atoms with Crippen molar-refractivity contribution >= 4 is 51.9 Å². The first-order valence-corrected chi connectivity index (χ1v) is 9.59. The van der Waals surface area contributed by atoms with Crippen molar-refractivity contribution in [1.82, 2.24) is 5.32 Å². The summed E-state index contributed by atoms with van der Waals surface area (Å²) in [4.78, 5) is 12.4. The van der Waals surface area contributed by atoms with Crippen LogP contribution >= 0.6 is 35.6 Å². The molecule has 1 aliphatic rings. The zero-order chi connectivity index (χ0) is 19.2. The number of thiocarbonyl (C=S) groups is 1. The molecule has 1 N–H and O–H groups in total. The first-order valence-electron chi connectivity index (χ1n) is 7.99. The van der Waals surface area contributed by atoms with Crippen molar-refractivity contribution in [2.45, 2.75) is 0 Å². The van der Waals surface area contributed by atoms with Gasteiger partial charge in [-0.25, -0.2) is 0 Å². The molecule has 0 radical (unpaired) electrons. The molecule has 2 aromatic carbocycles. The number of halogens is 1. The van der Waals surface area contributed by atoms with Gasteiger partial charge in [0.1, 0.15) is 34.8 Å². The molecular formula is C19H16ClNO4S2. The Morgan fingerprint density at radius 3 is 2.67 bits per heavy atom. The van der Waals surface area contributed by atoms with Crippen LogP contribution < -0.4 is 19.5 Å². The first kappa shape index (κ1) is 19.5. The van der Waals surface area contributed by atoms with E-state index in [0.717, 1.165) is 5.75 Å². The zero-order valence-electron chi connectivity index (χ0n) is 14.4. The maximum absolute atomic E-state index is 11.9. The molecule has 2 aromatic rings. The SMILES string of the molecule is COc1cccc(OCCOc2ccc(Cl)cc2C=C2SC(=S)NC2=O)c1. The predicted octanol–water partition coefficient (Wildman–Crippen LogP) is 4.30. The summed E-state index contributed by atoms with van der Waals surface area (Å²) in [6, 6.07) is 12.6. The van der Waals surface area contributed by atoms with Gasteiger partial charge in [-0.2, -0.15) is 0 Å². The molecule has 8 heteroatoms. The molecule has 0 saturated carbocycles. The number of methoxy groups -OCH3 is 1. The molecule has 0 unspecified atom stereocenters. The van der Waals surface area contributed by atoms with Crippen LogP contribution in [0.2, 0.25) is 5.02 Å². The Morgan fingerprint density at radius 1 is 1.15 bits per heavy atom. The van der Waals surface area contributed by atoms with Crippen LogP contribution in [0, 0.1) is 0 Å². The van der Waals surface area contributed by atoms with Crippen LogP contribution in [0.5, 0.6) is 17.2 Å². The van der Waals surface area contributed by atoms with Crippen LogP contribution in [0.1, 0.15) is 5.56 Å². The van der Waals surface area contributed by atoms with Gasteiger partial charge in [0, 0.05) is 16.7 Å². The van der Waals surface area contributed by atoms with Crippen LogP contribution in [0.4, 0.5) is 0 Å². The number of hydrogen-bond acceptors (Lipinski definition) is 6. The summed E-state index contributed by atoms with van der Waals surface area (Å²) >= 11 is 12.3. The molecule has 27 heavy (non-hydrogen) atoms. The molecule has 140 valence electrons. The van der Waals surface area contributed by atoms with E-state index in [-0.39, 0.29) is 5.91 Å². The Hall–Kier alpha value is -2.22. The Kier molecular flexibility index (Phi) is 6.60. The van der Waals surface area contributed by atoms with E-state index in [0.29, 0.717) is 44.5 Å². The molecule has 1 saturated heterocycles. The van der Waals surface area contributed by atoms with Gasteiger partial charge in [0.2, 0.25) is 0 Å². The van der Waals surface area contributed by atoms with Crippen molar-refractivity contribution in [2.24, 2.45) is 0 Å². The Bertz CT molecular complexity index is 901. The monoisotopic (exact) mass is 421 g/mol. The number of rotatable bonds is 7. The van der Waals surface area contributed by atoms with Crippen LogP contribution in [0.3, 0.4) is 0 Å². The molecular weight excluding hydrogens is 406 g/mol. The quantitative estimate of drug-likeness (QED) is 0.408. The lowest BCUT2D eigenvalue weighted by Gasteiger charge is -2.11. The van der Waals surface area contributed by atoms with E-state index in [9.17, 15) is 4.79 Å². The van der Waals surface area contributed by atoms with E-state index in [4.69, 9.17) is 38.0 Å². The highest BCUT2D eigenvalue weighted by molar-refractivity contribution is 8.26. The second kappa shape index (κ2) is 9.12. The molecule has 0 bridgehead atoms. The number of thioether (sulfide) groups is 1. The van der Waals surface area contributed by atoms with Gasteiger partial charge in [0.05, 0.1) is 12.0 Å². The fraction of sp³-hybridized carbons (Fsp3) is 0.158. The number of nitrogens with one attached hydrogen (secondary N) is 1. The standard InChI is InChI=1S/C19H16ClNO4S2/c1-23-14-3-2-4-15(11-14)24-7-8-25-16-6-5-13(20)9-12(16)10-17-18(22)21-19(26)27-17/h2-6,9-11H,7-8H2,1H3,(H,21,22,26). The van der Waals surface area contributed by atoms with E-state index >= 15 is 0 Å². The van der Waals surface area contributed by atoms with E-state index in [1.807, 2.05) is 18.2 Å². The fourth-order valence-electron chi connectivity index (χ4n) is 2.33. The summed E-state index contributed by atoms with van der Waals surface area (Å²) in [5, 5.41) is 3.13. The van der Waals surface area contributed by atoms with E-state index < -0.39 is 0 Å². The Balaban J connectivity index is 1.64. The summed E-state index contributed by atoms with van der Waals surface area (Å²) in [7, 11) is 1.61. The molecule has 1 amide bonds. The van der Waals surface area contributed by atoms with Gasteiger partial charge in [0.25, 0.3) is 5.91 Å². The van der Waals surface area contributed by atoms with Gasteiger partial charge in [-0.1, -0.05) is 41.6 Å². The van der Waals surface area contributed by atoms with Crippen LogP contribution in [-0.2, 0) is 4.79 Å². The van der Waals surface area contributed by atoms with Gasteiger partial charge in [-0.3, -0.25) is 4.79 Å². The highest BCUT2D eigenvalue weighted by atomic mass is 35.5. The molecule has 5 nitrogen and oxygen atoms in total. The average molecular weight is 422 g/mol. The molecule has 1 fully saturated rings. The lowest BCUT2D eigenvalue weighted by Crippen LogP contribution is -2.17. The number of hydrogen-bond donors (Lipinski definition) is 1. The summed E-state index contributed by atoms with van der Waals surface area (Å²) in [5.41, 5.74) is 0.700. The maximum atomic E-state index is 11.9. The highest BCUT2D eigenvalue weighted by Crippen LogP contribution is 2.31. The van der Waals surface area contributed by atoms with Gasteiger partial charge in [0.15, 0.2) is 0 Å². The van der Waals surface area contributed by atoms with E-state index in [2.05, 4.69) is 5.32 Å². The van der Waals surface area contributed by atoms with Crippen molar-refractivity contribution in [3.63, 3.8) is 0 Å². The minimum absolute atomic E-state index is 0.225. The van der Waals surface area contributed by atoms with E-state index in [1.54, 1.807) is 37.5 Å². The number of carbonyl (C=O) groups excluding carboxylic acids is 1. The molecule has 3 rings (SSSR count). The number of amides is 1. The van der Waals surface area contributed by atoms with Gasteiger partial charge < -0.3 is 19.5 Å². The predicted molar refractivity (Wildman–Crippen MR) is 112 cm³/mol. The van der Waals surface area contributed by atoms with Crippen LogP contribution in [0.15, 0.2) is 47.4 Å². The minimum Gasteiger partial charge on any atom is -0.497 e. The summed E-state index contributed by atoms with van der Waals surface area (Å²) < 4.78 is 17.1. The normalized spacial score (nSPS) is 15.0.